The van der Waals surface area contributed by atoms with Gasteiger partial charge in [-0.1, -0.05) is 27.7 Å². The van der Waals surface area contributed by atoms with E-state index in [1.165, 1.54) is 0 Å². The predicted octanol–water partition coefficient (Wildman–Crippen LogP) is 2.96. The van der Waals surface area contributed by atoms with Crippen molar-refractivity contribution in [1.29, 1.82) is 0 Å². The summed E-state index contributed by atoms with van der Waals surface area (Å²) in [5.41, 5.74) is 4.73. The van der Waals surface area contributed by atoms with Gasteiger partial charge in [-0.2, -0.15) is 0 Å². The van der Waals surface area contributed by atoms with Gasteiger partial charge in [-0.3, -0.25) is 4.79 Å². The third-order valence-corrected chi connectivity index (χ3v) is 5.13. The smallest absolute Gasteiger partial charge is 0.257 e. The Morgan fingerprint density at radius 1 is 1.25 bits per heavy atom. The largest absolute Gasteiger partial charge is 0.396 e. The van der Waals surface area contributed by atoms with Crippen LogP contribution in [0.15, 0.2) is 12.1 Å². The Bertz CT molecular complexity index is 553. The molecule has 1 aromatic rings. The molecule has 1 amide bonds. The fraction of sp³-hybridized carbons (Fsp3) is 0.533. The second kappa shape index (κ2) is 4.43. The molecule has 0 bridgehead atoms. The van der Waals surface area contributed by atoms with Crippen molar-refractivity contribution >= 4 is 11.6 Å². The van der Waals surface area contributed by atoms with Crippen molar-refractivity contribution in [3.63, 3.8) is 0 Å². The first-order valence-electron chi connectivity index (χ1n) is 6.62. The maximum atomic E-state index is 13.7. The zero-order chi connectivity index (χ0) is 15.3. The van der Waals surface area contributed by atoms with E-state index in [0.717, 1.165) is 12.1 Å². The Morgan fingerprint density at radius 3 is 2.30 bits per heavy atom. The van der Waals surface area contributed by atoms with Crippen molar-refractivity contribution in [3.05, 3.63) is 29.3 Å². The van der Waals surface area contributed by atoms with Gasteiger partial charge in [0.2, 0.25) is 0 Å². The minimum Gasteiger partial charge on any atom is -0.396 e. The van der Waals surface area contributed by atoms with Gasteiger partial charge in [0.1, 0.15) is 11.4 Å². The van der Waals surface area contributed by atoms with E-state index in [1.54, 1.807) is 0 Å². The number of nitrogens with two attached hydrogens (primary N) is 1. The van der Waals surface area contributed by atoms with E-state index >= 15 is 0 Å². The lowest BCUT2D eigenvalue weighted by Crippen LogP contribution is -2.29. The van der Waals surface area contributed by atoms with Crippen LogP contribution >= 0.6 is 0 Å². The molecule has 3 N–H and O–H groups in total. The van der Waals surface area contributed by atoms with Crippen LogP contribution in [-0.2, 0) is 0 Å². The molecule has 0 saturated heterocycles. The maximum Gasteiger partial charge on any atom is 0.257 e. The summed E-state index contributed by atoms with van der Waals surface area (Å²) in [6, 6.07) is 2.10. The first-order valence-corrected chi connectivity index (χ1v) is 6.62. The number of halogens is 2. The van der Waals surface area contributed by atoms with E-state index in [1.807, 2.05) is 0 Å². The topological polar surface area (TPSA) is 55.1 Å². The lowest BCUT2D eigenvalue weighted by atomic mass is 10.0. The van der Waals surface area contributed by atoms with Crippen LogP contribution in [0.4, 0.5) is 14.5 Å². The molecular formula is C15H20F2N2O. The van der Waals surface area contributed by atoms with E-state index in [2.05, 4.69) is 33.0 Å². The molecular weight excluding hydrogens is 262 g/mol. The van der Waals surface area contributed by atoms with Gasteiger partial charge < -0.3 is 11.1 Å². The highest BCUT2D eigenvalue weighted by molar-refractivity contribution is 5.95. The highest BCUT2D eigenvalue weighted by Crippen LogP contribution is 2.67. The summed E-state index contributed by atoms with van der Waals surface area (Å²) in [6.45, 7) is 8.86. The summed E-state index contributed by atoms with van der Waals surface area (Å²) >= 11 is 0. The maximum absolute atomic E-state index is 13.7. The van der Waals surface area contributed by atoms with Gasteiger partial charge in [0.25, 0.3) is 5.91 Å². The summed E-state index contributed by atoms with van der Waals surface area (Å²) < 4.78 is 27.3. The summed E-state index contributed by atoms with van der Waals surface area (Å²) in [4.78, 5) is 11.9. The van der Waals surface area contributed by atoms with Crippen molar-refractivity contribution in [2.75, 3.05) is 12.3 Å². The summed E-state index contributed by atoms with van der Waals surface area (Å²) in [7, 11) is 0. The van der Waals surface area contributed by atoms with Gasteiger partial charge >= 0.3 is 0 Å². The van der Waals surface area contributed by atoms with Crippen LogP contribution in [-0.4, -0.2) is 12.5 Å². The van der Waals surface area contributed by atoms with Gasteiger partial charge in [0, 0.05) is 6.54 Å². The average Bonchev–Trinajstić information content (AvgIpc) is 2.72. The quantitative estimate of drug-likeness (QED) is 0.837. The third kappa shape index (κ3) is 2.05. The zero-order valence-electron chi connectivity index (χ0n) is 12.2. The lowest BCUT2D eigenvalue weighted by Gasteiger charge is -2.09. The van der Waals surface area contributed by atoms with E-state index in [9.17, 15) is 13.6 Å². The van der Waals surface area contributed by atoms with E-state index in [0.29, 0.717) is 6.54 Å². The average molecular weight is 282 g/mol. The van der Waals surface area contributed by atoms with Gasteiger partial charge in [0.15, 0.2) is 5.82 Å². The number of nitrogens with one attached hydrogen (secondary N) is 1. The molecule has 0 heterocycles. The molecule has 1 saturated carbocycles. The number of amides is 1. The highest BCUT2D eigenvalue weighted by Gasteiger charge is 2.64. The molecule has 0 atom stereocenters. The molecule has 0 radical (unpaired) electrons. The van der Waals surface area contributed by atoms with Crippen molar-refractivity contribution in [2.24, 2.45) is 16.7 Å². The molecule has 3 nitrogen and oxygen atoms in total. The second-order valence-corrected chi connectivity index (χ2v) is 6.53. The van der Waals surface area contributed by atoms with Crippen LogP contribution in [0.2, 0.25) is 0 Å². The Kier molecular flexibility index (Phi) is 3.27. The molecule has 0 spiro atoms. The molecule has 20 heavy (non-hydrogen) atoms. The second-order valence-electron chi connectivity index (χ2n) is 6.53. The summed E-state index contributed by atoms with van der Waals surface area (Å²) in [5.74, 6) is -2.38. The van der Waals surface area contributed by atoms with E-state index in [-0.39, 0.29) is 22.4 Å². The highest BCUT2D eigenvalue weighted by atomic mass is 19.1. The lowest BCUT2D eigenvalue weighted by molar-refractivity contribution is 0.0941. The normalized spacial score (nSPS) is 19.7. The molecule has 1 aliphatic rings. The monoisotopic (exact) mass is 282 g/mol. The van der Waals surface area contributed by atoms with E-state index in [4.69, 9.17) is 5.73 Å². The van der Waals surface area contributed by atoms with Crippen LogP contribution in [0.5, 0.6) is 0 Å². The number of carbonyl (C=O) groups excluding carboxylic acids is 1. The molecule has 0 aliphatic heterocycles. The number of hydrogen-bond donors (Lipinski definition) is 2. The fourth-order valence-corrected chi connectivity index (χ4v) is 2.90. The Labute approximate surface area is 117 Å². The number of anilines is 1. The van der Waals surface area contributed by atoms with Gasteiger partial charge in [-0.05, 0) is 28.9 Å². The number of carbonyl (C=O) groups is 1. The Balaban J connectivity index is 2.10. The number of benzene rings is 1. The minimum atomic E-state index is -1.00. The molecule has 0 aromatic heterocycles. The third-order valence-electron chi connectivity index (χ3n) is 5.13. The van der Waals surface area contributed by atoms with Crippen LogP contribution in [0.25, 0.3) is 0 Å². The standard InChI is InChI=1S/C15H20F2N2O/c1-14(2)10(15(14,3)4)7-19-13(20)11-8(16)5-6-9(18)12(11)17/h5-6,10H,7,18H2,1-4H3,(H,19,20). The van der Waals surface area contributed by atoms with Gasteiger partial charge in [0.05, 0.1) is 5.69 Å². The molecule has 0 unspecified atom stereocenters. The first-order chi connectivity index (χ1) is 9.10. The van der Waals surface area contributed by atoms with Crippen LogP contribution in [0, 0.1) is 28.4 Å². The van der Waals surface area contributed by atoms with Gasteiger partial charge in [-0.15, -0.1) is 0 Å². The van der Waals surface area contributed by atoms with Crippen molar-refractivity contribution in [2.45, 2.75) is 27.7 Å². The molecule has 1 fully saturated rings. The van der Waals surface area contributed by atoms with Crippen LogP contribution < -0.4 is 11.1 Å². The number of rotatable bonds is 3. The van der Waals surface area contributed by atoms with Crippen molar-refractivity contribution in [3.8, 4) is 0 Å². The van der Waals surface area contributed by atoms with Crippen molar-refractivity contribution in [1.82, 2.24) is 5.32 Å². The molecule has 5 heteroatoms. The Hall–Kier alpha value is -1.65. The number of hydrogen-bond acceptors (Lipinski definition) is 2. The SMILES string of the molecule is CC1(C)C(CNC(=O)c2c(F)ccc(N)c2F)C1(C)C. The molecule has 110 valence electrons. The minimum absolute atomic E-state index is 0.104. The number of nitrogen functional groups attached to an aromatic ring is 1. The van der Waals surface area contributed by atoms with Crippen molar-refractivity contribution < 1.29 is 13.6 Å². The van der Waals surface area contributed by atoms with Gasteiger partial charge in [-0.25, -0.2) is 8.78 Å². The molecule has 2 rings (SSSR count). The van der Waals surface area contributed by atoms with Crippen LogP contribution in [0.3, 0.4) is 0 Å². The molecule has 1 aliphatic carbocycles. The fourth-order valence-electron chi connectivity index (χ4n) is 2.90. The molecule has 1 aromatic carbocycles. The predicted molar refractivity (Wildman–Crippen MR) is 74.2 cm³/mol. The summed E-state index contributed by atoms with van der Waals surface area (Å²) in [6.07, 6.45) is 0. The Morgan fingerprint density at radius 2 is 1.80 bits per heavy atom. The summed E-state index contributed by atoms with van der Waals surface area (Å²) in [5, 5.41) is 2.61. The van der Waals surface area contributed by atoms with Crippen LogP contribution in [0.1, 0.15) is 38.1 Å². The first kappa shape index (κ1) is 14.8. The van der Waals surface area contributed by atoms with E-state index < -0.39 is 23.1 Å². The zero-order valence-corrected chi connectivity index (χ0v) is 12.2.